The summed E-state index contributed by atoms with van der Waals surface area (Å²) in [7, 11) is -1.87. The summed E-state index contributed by atoms with van der Waals surface area (Å²) in [4.78, 5) is 0.299. The first-order chi connectivity index (χ1) is 10.0. The van der Waals surface area contributed by atoms with Gasteiger partial charge in [-0.2, -0.15) is 15.6 Å². The summed E-state index contributed by atoms with van der Waals surface area (Å²) < 4.78 is 26.3. The highest BCUT2D eigenvalue weighted by molar-refractivity contribution is 7.89. The quantitative estimate of drug-likeness (QED) is 0.851. The number of hydrogen-bond donors (Lipinski definition) is 1. The molecule has 1 aromatic carbocycles. The molecule has 0 fully saturated rings. The third-order valence-electron chi connectivity index (χ3n) is 3.24. The molecule has 1 heterocycles. The molecule has 0 amide bonds. The first-order valence-electron chi connectivity index (χ1n) is 6.71. The van der Waals surface area contributed by atoms with E-state index in [1.165, 1.54) is 4.31 Å². The third-order valence-corrected chi connectivity index (χ3v) is 5.79. The summed E-state index contributed by atoms with van der Waals surface area (Å²) in [5.41, 5.74) is 2.02. The van der Waals surface area contributed by atoms with Crippen LogP contribution in [0.25, 0.3) is 0 Å². The summed E-state index contributed by atoms with van der Waals surface area (Å²) in [6, 6.07) is 8.80. The molecular weight excluding hydrogens is 306 g/mol. The van der Waals surface area contributed by atoms with Crippen molar-refractivity contribution in [2.75, 3.05) is 13.7 Å². The Morgan fingerprint density at radius 2 is 1.86 bits per heavy atom. The van der Waals surface area contributed by atoms with Crippen molar-refractivity contribution in [2.45, 2.75) is 24.3 Å². The van der Waals surface area contributed by atoms with Gasteiger partial charge in [-0.25, -0.2) is 8.42 Å². The van der Waals surface area contributed by atoms with Gasteiger partial charge in [-0.15, -0.1) is 0 Å². The van der Waals surface area contributed by atoms with E-state index in [0.717, 1.165) is 17.5 Å². The lowest BCUT2D eigenvalue weighted by Gasteiger charge is -2.16. The van der Waals surface area contributed by atoms with Crippen molar-refractivity contribution >= 4 is 21.4 Å². The minimum atomic E-state index is -3.46. The summed E-state index contributed by atoms with van der Waals surface area (Å²) >= 11 is 1.56. The number of nitrogens with zero attached hydrogens (tertiary/aromatic N) is 1. The molecule has 4 nitrogen and oxygen atoms in total. The van der Waals surface area contributed by atoms with E-state index in [2.05, 4.69) is 0 Å². The molecule has 1 aromatic heterocycles. The molecule has 0 bridgehead atoms. The lowest BCUT2D eigenvalue weighted by Crippen LogP contribution is -2.26. The van der Waals surface area contributed by atoms with Crippen LogP contribution < -0.4 is 0 Å². The van der Waals surface area contributed by atoms with Crippen molar-refractivity contribution in [3.8, 4) is 0 Å². The Morgan fingerprint density at radius 3 is 2.43 bits per heavy atom. The van der Waals surface area contributed by atoms with E-state index in [1.807, 2.05) is 16.8 Å². The van der Waals surface area contributed by atoms with Crippen LogP contribution in [-0.2, 0) is 23.0 Å². The van der Waals surface area contributed by atoms with Gasteiger partial charge in [0.2, 0.25) is 10.0 Å². The van der Waals surface area contributed by atoms with Crippen molar-refractivity contribution in [3.05, 3.63) is 52.2 Å². The van der Waals surface area contributed by atoms with E-state index in [0.29, 0.717) is 17.9 Å². The number of hydrogen-bond acceptors (Lipinski definition) is 4. The normalized spacial score (nSPS) is 12.0. The molecule has 0 unspecified atom stereocenters. The summed E-state index contributed by atoms with van der Waals surface area (Å²) in [5, 5.41) is 12.7. The third kappa shape index (κ3) is 4.14. The van der Waals surface area contributed by atoms with Gasteiger partial charge in [-0.1, -0.05) is 12.1 Å². The van der Waals surface area contributed by atoms with Crippen LogP contribution in [0, 0.1) is 0 Å². The fraction of sp³-hybridized carbons (Fsp3) is 0.333. The Labute approximate surface area is 129 Å². The van der Waals surface area contributed by atoms with E-state index >= 15 is 0 Å². The highest BCUT2D eigenvalue weighted by Crippen LogP contribution is 2.18. The van der Waals surface area contributed by atoms with Crippen LogP contribution in [-0.4, -0.2) is 31.5 Å². The van der Waals surface area contributed by atoms with Crippen molar-refractivity contribution in [1.29, 1.82) is 0 Å². The van der Waals surface area contributed by atoms with E-state index in [1.54, 1.807) is 42.6 Å². The molecule has 0 aliphatic rings. The maximum Gasteiger partial charge on any atom is 0.243 e. The average molecular weight is 325 g/mol. The molecule has 2 rings (SSSR count). The minimum Gasteiger partial charge on any atom is -0.396 e. The van der Waals surface area contributed by atoms with Crippen LogP contribution >= 0.6 is 11.3 Å². The second-order valence-electron chi connectivity index (χ2n) is 4.86. The highest BCUT2D eigenvalue weighted by Gasteiger charge is 2.20. The molecule has 0 saturated heterocycles. The molecule has 1 N–H and O–H groups in total. The molecule has 0 spiro atoms. The maximum atomic E-state index is 12.5. The second-order valence-corrected chi connectivity index (χ2v) is 7.69. The van der Waals surface area contributed by atoms with Crippen LogP contribution in [0.4, 0.5) is 0 Å². The van der Waals surface area contributed by atoms with Crippen LogP contribution in [0.1, 0.15) is 17.5 Å². The Morgan fingerprint density at radius 1 is 1.14 bits per heavy atom. The molecule has 0 atom stereocenters. The number of aryl methyl sites for hydroxylation is 1. The van der Waals surface area contributed by atoms with Crippen LogP contribution in [0.3, 0.4) is 0 Å². The van der Waals surface area contributed by atoms with Crippen molar-refractivity contribution in [2.24, 2.45) is 0 Å². The number of thiophene rings is 1. The molecular formula is C15H19NO3S2. The monoisotopic (exact) mass is 325 g/mol. The van der Waals surface area contributed by atoms with Gasteiger partial charge < -0.3 is 5.11 Å². The Bertz CT molecular complexity index is 649. The Balaban J connectivity index is 2.11. The number of sulfonamides is 1. The first kappa shape index (κ1) is 16.2. The lowest BCUT2D eigenvalue weighted by atomic mass is 10.1. The summed E-state index contributed by atoms with van der Waals surface area (Å²) in [6.45, 7) is 0.515. The first-order valence-corrected chi connectivity index (χ1v) is 9.09. The number of aliphatic hydroxyl groups is 1. The SMILES string of the molecule is CN(Cc1ccsc1)S(=O)(=O)c1ccc(CCCO)cc1. The van der Waals surface area contributed by atoms with Crippen molar-refractivity contribution in [1.82, 2.24) is 4.31 Å². The molecule has 0 saturated carbocycles. The van der Waals surface area contributed by atoms with Gasteiger partial charge in [0.1, 0.15) is 0 Å². The predicted octanol–water partition coefficient (Wildman–Crippen LogP) is 2.49. The second kappa shape index (κ2) is 7.17. The Hall–Kier alpha value is -1.21. The number of benzene rings is 1. The fourth-order valence-corrected chi connectivity index (χ4v) is 3.83. The van der Waals surface area contributed by atoms with Gasteiger partial charge in [-0.3, -0.25) is 0 Å². The van der Waals surface area contributed by atoms with Gasteiger partial charge in [0.15, 0.2) is 0 Å². The molecule has 6 heteroatoms. The molecule has 2 aromatic rings. The summed E-state index contributed by atoms with van der Waals surface area (Å²) in [5.74, 6) is 0. The zero-order valence-corrected chi connectivity index (χ0v) is 13.5. The van der Waals surface area contributed by atoms with E-state index in [9.17, 15) is 8.42 Å². The van der Waals surface area contributed by atoms with Crippen molar-refractivity contribution in [3.63, 3.8) is 0 Å². The average Bonchev–Trinajstić information content (AvgIpc) is 2.98. The maximum absolute atomic E-state index is 12.5. The van der Waals surface area contributed by atoms with Crippen molar-refractivity contribution < 1.29 is 13.5 Å². The van der Waals surface area contributed by atoms with Crippen LogP contribution in [0.2, 0.25) is 0 Å². The molecule has 21 heavy (non-hydrogen) atoms. The predicted molar refractivity (Wildman–Crippen MR) is 84.8 cm³/mol. The van der Waals surface area contributed by atoms with E-state index in [-0.39, 0.29) is 6.61 Å². The lowest BCUT2D eigenvalue weighted by molar-refractivity contribution is 0.288. The van der Waals surface area contributed by atoms with Crippen LogP contribution in [0.15, 0.2) is 46.0 Å². The van der Waals surface area contributed by atoms with E-state index < -0.39 is 10.0 Å². The topological polar surface area (TPSA) is 57.6 Å². The Kier molecular flexibility index (Phi) is 5.52. The molecule has 114 valence electrons. The summed E-state index contributed by atoms with van der Waals surface area (Å²) in [6.07, 6.45) is 1.44. The molecule has 0 aliphatic carbocycles. The van der Waals surface area contributed by atoms with Crippen LogP contribution in [0.5, 0.6) is 0 Å². The zero-order chi connectivity index (χ0) is 15.3. The smallest absolute Gasteiger partial charge is 0.243 e. The van der Waals surface area contributed by atoms with Gasteiger partial charge in [0.25, 0.3) is 0 Å². The number of rotatable bonds is 7. The zero-order valence-electron chi connectivity index (χ0n) is 11.9. The van der Waals surface area contributed by atoms with E-state index in [4.69, 9.17) is 5.11 Å². The standard InChI is InChI=1S/C15H19NO3S2/c1-16(11-14-8-10-20-12-14)21(18,19)15-6-4-13(5-7-15)3-2-9-17/h4-8,10,12,17H,2-3,9,11H2,1H3. The van der Waals surface area contributed by atoms with Gasteiger partial charge in [0.05, 0.1) is 4.90 Å². The molecule has 0 radical (unpaired) electrons. The number of aliphatic hydroxyl groups excluding tert-OH is 1. The largest absolute Gasteiger partial charge is 0.396 e. The highest BCUT2D eigenvalue weighted by atomic mass is 32.2. The van der Waals surface area contributed by atoms with Gasteiger partial charge in [-0.05, 0) is 52.9 Å². The van der Waals surface area contributed by atoms with Gasteiger partial charge in [0, 0.05) is 20.2 Å². The fourth-order valence-electron chi connectivity index (χ4n) is 2.02. The van der Waals surface area contributed by atoms with Gasteiger partial charge >= 0.3 is 0 Å². The minimum absolute atomic E-state index is 0.142. The molecule has 0 aliphatic heterocycles.